The van der Waals surface area contributed by atoms with Crippen LogP contribution in [0.3, 0.4) is 0 Å². The number of halogens is 1. The van der Waals surface area contributed by atoms with Gasteiger partial charge in [0.1, 0.15) is 11.6 Å². The van der Waals surface area contributed by atoms with E-state index in [0.29, 0.717) is 17.1 Å². The van der Waals surface area contributed by atoms with Crippen molar-refractivity contribution in [3.63, 3.8) is 0 Å². The number of amides is 1. The first-order chi connectivity index (χ1) is 14.6. The minimum Gasteiger partial charge on any atom is -0.348 e. The summed E-state index contributed by atoms with van der Waals surface area (Å²) in [6, 6.07) is 10.3. The quantitative estimate of drug-likeness (QED) is 0.606. The molecule has 164 valence electrons. The predicted octanol–water partition coefficient (Wildman–Crippen LogP) is 3.28. The Bertz CT molecular complexity index is 1200. The fourth-order valence-electron chi connectivity index (χ4n) is 3.01. The summed E-state index contributed by atoms with van der Waals surface area (Å²) in [7, 11) is -2.20. The predicted molar refractivity (Wildman–Crippen MR) is 116 cm³/mol. The van der Waals surface area contributed by atoms with Gasteiger partial charge in [0.2, 0.25) is 10.0 Å². The molecule has 0 saturated carbocycles. The molecule has 1 heterocycles. The van der Waals surface area contributed by atoms with Crippen molar-refractivity contribution >= 4 is 15.9 Å². The molecule has 1 amide bonds. The van der Waals surface area contributed by atoms with Crippen molar-refractivity contribution < 1.29 is 17.6 Å². The first-order valence-corrected chi connectivity index (χ1v) is 11.2. The molecule has 0 unspecified atom stereocenters. The third-order valence-electron chi connectivity index (χ3n) is 5.05. The summed E-state index contributed by atoms with van der Waals surface area (Å²) in [5.74, 6) is -0.213. The number of nitrogens with zero attached hydrogens (tertiary/aromatic N) is 3. The van der Waals surface area contributed by atoms with Crippen LogP contribution in [0.5, 0.6) is 0 Å². The van der Waals surface area contributed by atoms with Gasteiger partial charge in [0.25, 0.3) is 5.91 Å². The fraction of sp³-hybridized carbons (Fsp3) is 0.273. The van der Waals surface area contributed by atoms with Crippen LogP contribution in [0.15, 0.2) is 59.8 Å². The lowest BCUT2D eigenvalue weighted by Gasteiger charge is -2.21. The van der Waals surface area contributed by atoms with Crippen LogP contribution in [-0.4, -0.2) is 41.3 Å². The third kappa shape index (κ3) is 4.83. The number of aromatic nitrogens is 2. The molecular weight excluding hydrogens is 419 g/mol. The highest BCUT2D eigenvalue weighted by Gasteiger charge is 2.24. The number of aryl methyl sites for hydroxylation is 1. The third-order valence-corrected chi connectivity index (χ3v) is 7.08. The molecule has 0 radical (unpaired) electrons. The van der Waals surface area contributed by atoms with Crippen molar-refractivity contribution in [3.05, 3.63) is 77.6 Å². The maximum atomic E-state index is 14.5. The Kier molecular flexibility index (Phi) is 6.56. The van der Waals surface area contributed by atoms with Gasteiger partial charge in [0, 0.05) is 37.6 Å². The van der Waals surface area contributed by atoms with Crippen LogP contribution in [0.2, 0.25) is 0 Å². The summed E-state index contributed by atoms with van der Waals surface area (Å²) < 4.78 is 42.7. The van der Waals surface area contributed by atoms with E-state index in [1.54, 1.807) is 49.9 Å². The van der Waals surface area contributed by atoms with E-state index in [4.69, 9.17) is 0 Å². The normalized spacial score (nSPS) is 11.8. The molecular formula is C22H25FN4O3S. The highest BCUT2D eigenvalue weighted by Crippen LogP contribution is 2.19. The molecule has 0 saturated heterocycles. The largest absolute Gasteiger partial charge is 0.348 e. The van der Waals surface area contributed by atoms with Gasteiger partial charge in [-0.25, -0.2) is 17.8 Å². The van der Waals surface area contributed by atoms with Gasteiger partial charge < -0.3 is 9.88 Å². The van der Waals surface area contributed by atoms with E-state index < -0.39 is 21.7 Å². The number of imidazole rings is 1. The molecule has 1 N–H and O–H groups in total. The smallest absolute Gasteiger partial charge is 0.251 e. The van der Waals surface area contributed by atoms with E-state index in [1.807, 2.05) is 0 Å². The minimum atomic E-state index is -3.70. The van der Waals surface area contributed by atoms with Crippen LogP contribution in [0.1, 0.15) is 35.6 Å². The molecule has 0 bridgehead atoms. The Labute approximate surface area is 181 Å². The highest BCUT2D eigenvalue weighted by atomic mass is 32.2. The van der Waals surface area contributed by atoms with E-state index >= 15 is 0 Å². The Balaban J connectivity index is 1.73. The standard InChI is InChI=1S/C22H25FN4O3S/c1-15(2)26(4)31(29,30)19-7-5-6-18(13-19)22(28)25-14-17-8-9-21(20(23)12-17)27-11-10-24-16(27)3/h5-13,15H,14H2,1-4H3,(H,25,28). The Morgan fingerprint density at radius 3 is 2.58 bits per heavy atom. The lowest BCUT2D eigenvalue weighted by atomic mass is 10.1. The molecule has 0 spiro atoms. The Morgan fingerprint density at radius 2 is 1.97 bits per heavy atom. The molecule has 0 aliphatic rings. The SMILES string of the molecule is Cc1nccn1-c1ccc(CNC(=O)c2cccc(S(=O)(=O)N(C)C(C)C)c2)cc1F. The summed E-state index contributed by atoms with van der Waals surface area (Å²) >= 11 is 0. The summed E-state index contributed by atoms with van der Waals surface area (Å²) in [6.07, 6.45) is 3.27. The van der Waals surface area contributed by atoms with Gasteiger partial charge in [-0.15, -0.1) is 0 Å². The number of sulfonamides is 1. The van der Waals surface area contributed by atoms with E-state index in [2.05, 4.69) is 10.3 Å². The van der Waals surface area contributed by atoms with Crippen LogP contribution in [0, 0.1) is 12.7 Å². The number of hydrogen-bond donors (Lipinski definition) is 1. The molecule has 3 aromatic rings. The van der Waals surface area contributed by atoms with Crippen LogP contribution in [0.4, 0.5) is 4.39 Å². The van der Waals surface area contributed by atoms with E-state index in [-0.39, 0.29) is 23.0 Å². The van der Waals surface area contributed by atoms with Crippen LogP contribution < -0.4 is 5.32 Å². The average molecular weight is 445 g/mol. The summed E-state index contributed by atoms with van der Waals surface area (Å²) in [4.78, 5) is 16.7. The van der Waals surface area contributed by atoms with Crippen LogP contribution >= 0.6 is 0 Å². The number of rotatable bonds is 7. The van der Waals surface area contributed by atoms with Crippen molar-refractivity contribution in [1.29, 1.82) is 0 Å². The van der Waals surface area contributed by atoms with Gasteiger partial charge in [-0.3, -0.25) is 4.79 Å². The second kappa shape index (κ2) is 8.99. The first-order valence-electron chi connectivity index (χ1n) is 9.76. The second-order valence-corrected chi connectivity index (χ2v) is 9.45. The van der Waals surface area contributed by atoms with Crippen molar-refractivity contribution in [2.45, 2.75) is 38.3 Å². The molecule has 0 aliphatic carbocycles. The molecule has 2 aromatic carbocycles. The molecule has 0 fully saturated rings. The lowest BCUT2D eigenvalue weighted by molar-refractivity contribution is 0.0950. The zero-order valence-electron chi connectivity index (χ0n) is 17.8. The molecule has 1 aromatic heterocycles. The second-order valence-electron chi connectivity index (χ2n) is 7.46. The Hall–Kier alpha value is -3.04. The molecule has 0 atom stereocenters. The van der Waals surface area contributed by atoms with Gasteiger partial charge in [-0.2, -0.15) is 4.31 Å². The van der Waals surface area contributed by atoms with Gasteiger partial charge in [-0.1, -0.05) is 12.1 Å². The maximum absolute atomic E-state index is 14.5. The van der Waals surface area contributed by atoms with Crippen molar-refractivity contribution in [2.24, 2.45) is 0 Å². The number of carbonyl (C=O) groups excluding carboxylic acids is 1. The van der Waals surface area contributed by atoms with E-state index in [0.717, 1.165) is 0 Å². The lowest BCUT2D eigenvalue weighted by Crippen LogP contribution is -2.33. The monoisotopic (exact) mass is 444 g/mol. The number of hydrogen-bond acceptors (Lipinski definition) is 4. The minimum absolute atomic E-state index is 0.0439. The van der Waals surface area contributed by atoms with Crippen LogP contribution in [-0.2, 0) is 16.6 Å². The molecule has 3 rings (SSSR count). The Morgan fingerprint density at radius 1 is 1.23 bits per heavy atom. The van der Waals surface area contributed by atoms with Gasteiger partial charge in [0.05, 0.1) is 10.6 Å². The van der Waals surface area contributed by atoms with Gasteiger partial charge in [0.15, 0.2) is 0 Å². The average Bonchev–Trinajstić information content (AvgIpc) is 3.17. The summed E-state index contributed by atoms with van der Waals surface area (Å²) in [6.45, 7) is 5.42. The number of nitrogens with one attached hydrogen (secondary N) is 1. The molecule has 31 heavy (non-hydrogen) atoms. The topological polar surface area (TPSA) is 84.3 Å². The summed E-state index contributed by atoms with van der Waals surface area (Å²) in [5.41, 5.74) is 1.16. The van der Waals surface area contributed by atoms with E-state index in [1.165, 1.54) is 41.7 Å². The van der Waals surface area contributed by atoms with Crippen molar-refractivity contribution in [2.75, 3.05) is 7.05 Å². The highest BCUT2D eigenvalue weighted by molar-refractivity contribution is 7.89. The number of benzene rings is 2. The van der Waals surface area contributed by atoms with Crippen molar-refractivity contribution in [1.82, 2.24) is 19.2 Å². The zero-order valence-corrected chi connectivity index (χ0v) is 18.6. The van der Waals surface area contributed by atoms with Crippen molar-refractivity contribution in [3.8, 4) is 5.69 Å². The maximum Gasteiger partial charge on any atom is 0.251 e. The molecule has 0 aliphatic heterocycles. The zero-order chi connectivity index (χ0) is 22.8. The number of carbonyl (C=O) groups is 1. The first kappa shape index (κ1) is 22.6. The molecule has 7 nitrogen and oxygen atoms in total. The summed E-state index contributed by atoms with van der Waals surface area (Å²) in [5, 5.41) is 2.71. The molecule has 9 heteroatoms. The van der Waals surface area contributed by atoms with Gasteiger partial charge >= 0.3 is 0 Å². The van der Waals surface area contributed by atoms with Crippen LogP contribution in [0.25, 0.3) is 5.69 Å². The fourth-order valence-corrected chi connectivity index (χ4v) is 4.43. The van der Waals surface area contributed by atoms with E-state index in [9.17, 15) is 17.6 Å². The van der Waals surface area contributed by atoms with Gasteiger partial charge in [-0.05, 0) is 56.7 Å².